The summed E-state index contributed by atoms with van der Waals surface area (Å²) in [6.45, 7) is 4.00. The Labute approximate surface area is 137 Å². The average molecular weight is 315 g/mol. The highest BCUT2D eigenvalue weighted by Gasteiger charge is 2.28. The van der Waals surface area contributed by atoms with Gasteiger partial charge in [0, 0.05) is 31.4 Å². The molecule has 1 N–H and O–H groups in total. The van der Waals surface area contributed by atoms with Crippen molar-refractivity contribution in [3.8, 4) is 5.75 Å². The van der Waals surface area contributed by atoms with Gasteiger partial charge in [0.25, 0.3) is 0 Å². The molecule has 2 atom stereocenters. The fourth-order valence-corrected chi connectivity index (χ4v) is 3.26. The summed E-state index contributed by atoms with van der Waals surface area (Å²) >= 11 is 0. The van der Waals surface area contributed by atoms with Crippen molar-refractivity contribution in [2.45, 2.75) is 31.9 Å². The smallest absolute Gasteiger partial charge is 0.119 e. The van der Waals surface area contributed by atoms with Gasteiger partial charge in [0.15, 0.2) is 0 Å². The number of aryl methyl sites for hydroxylation is 2. The Balaban J connectivity index is 1.53. The van der Waals surface area contributed by atoms with Gasteiger partial charge in [-0.1, -0.05) is 12.1 Å². The van der Waals surface area contributed by atoms with E-state index in [1.165, 1.54) is 5.56 Å². The first-order valence-electron chi connectivity index (χ1n) is 8.22. The van der Waals surface area contributed by atoms with Crippen molar-refractivity contribution < 1.29 is 9.84 Å². The lowest BCUT2D eigenvalue weighted by Crippen LogP contribution is -2.35. The van der Waals surface area contributed by atoms with E-state index in [4.69, 9.17) is 4.74 Å². The lowest BCUT2D eigenvalue weighted by atomic mass is 10.1. The molecule has 2 heterocycles. The monoisotopic (exact) mass is 315 g/mol. The predicted molar refractivity (Wildman–Crippen MR) is 89.4 cm³/mol. The van der Waals surface area contributed by atoms with E-state index in [2.05, 4.69) is 16.2 Å². The van der Waals surface area contributed by atoms with Gasteiger partial charge in [-0.15, -0.1) is 0 Å². The van der Waals surface area contributed by atoms with Crippen LogP contribution < -0.4 is 4.74 Å². The van der Waals surface area contributed by atoms with Crippen LogP contribution in [0, 0.1) is 6.92 Å². The van der Waals surface area contributed by atoms with Crippen LogP contribution in [0.4, 0.5) is 0 Å². The number of likely N-dealkylation sites (tertiary alicyclic amines) is 1. The highest BCUT2D eigenvalue weighted by Crippen LogP contribution is 2.31. The highest BCUT2D eigenvalue weighted by atomic mass is 16.5. The van der Waals surface area contributed by atoms with E-state index >= 15 is 0 Å². The molecule has 3 rings (SSSR count). The molecule has 1 aromatic carbocycles. The summed E-state index contributed by atoms with van der Waals surface area (Å²) in [5.74, 6) is 0.814. The largest absolute Gasteiger partial charge is 0.491 e. The van der Waals surface area contributed by atoms with Gasteiger partial charge in [0.2, 0.25) is 0 Å². The Morgan fingerprint density at radius 2 is 2.30 bits per heavy atom. The van der Waals surface area contributed by atoms with Crippen molar-refractivity contribution in [1.82, 2.24) is 14.7 Å². The van der Waals surface area contributed by atoms with Crippen molar-refractivity contribution in [3.63, 3.8) is 0 Å². The van der Waals surface area contributed by atoms with Crippen LogP contribution in [0.2, 0.25) is 0 Å². The molecule has 1 fully saturated rings. The molecule has 0 radical (unpaired) electrons. The number of aliphatic hydroxyl groups is 1. The molecule has 0 aliphatic carbocycles. The van der Waals surface area contributed by atoms with Gasteiger partial charge in [-0.05, 0) is 44.0 Å². The second-order valence-electron chi connectivity index (χ2n) is 6.38. The molecule has 5 heteroatoms. The van der Waals surface area contributed by atoms with Crippen molar-refractivity contribution >= 4 is 0 Å². The number of aromatic nitrogens is 2. The number of rotatable bonds is 6. The predicted octanol–water partition coefficient (Wildman–Crippen LogP) is 2.31. The lowest BCUT2D eigenvalue weighted by molar-refractivity contribution is 0.0638. The molecule has 0 spiro atoms. The Kier molecular flexibility index (Phi) is 4.98. The second kappa shape index (κ2) is 7.15. The summed E-state index contributed by atoms with van der Waals surface area (Å²) in [4.78, 5) is 2.33. The minimum Gasteiger partial charge on any atom is -0.491 e. The summed E-state index contributed by atoms with van der Waals surface area (Å²) in [6, 6.07) is 8.27. The maximum absolute atomic E-state index is 10.3. The van der Waals surface area contributed by atoms with Crippen LogP contribution in [0.5, 0.6) is 5.75 Å². The maximum atomic E-state index is 10.3. The normalized spacial score (nSPS) is 19.9. The Morgan fingerprint density at radius 3 is 3.04 bits per heavy atom. The molecule has 0 amide bonds. The summed E-state index contributed by atoms with van der Waals surface area (Å²) in [5, 5.41) is 14.6. The van der Waals surface area contributed by atoms with E-state index in [1.807, 2.05) is 49.1 Å². The van der Waals surface area contributed by atoms with Gasteiger partial charge in [0.1, 0.15) is 18.5 Å². The summed E-state index contributed by atoms with van der Waals surface area (Å²) < 4.78 is 7.55. The van der Waals surface area contributed by atoms with Crippen LogP contribution in [0.25, 0.3) is 0 Å². The molecule has 1 saturated heterocycles. The van der Waals surface area contributed by atoms with E-state index in [0.29, 0.717) is 19.2 Å². The molecule has 1 aliphatic heterocycles. The van der Waals surface area contributed by atoms with Crippen molar-refractivity contribution in [3.05, 3.63) is 47.8 Å². The first-order valence-corrected chi connectivity index (χ1v) is 8.22. The number of benzene rings is 1. The van der Waals surface area contributed by atoms with Gasteiger partial charge < -0.3 is 9.84 Å². The highest BCUT2D eigenvalue weighted by molar-refractivity contribution is 5.27. The molecule has 2 aromatic rings. The third-order valence-electron chi connectivity index (χ3n) is 4.35. The van der Waals surface area contributed by atoms with Gasteiger partial charge >= 0.3 is 0 Å². The molecule has 23 heavy (non-hydrogen) atoms. The fraction of sp³-hybridized carbons (Fsp3) is 0.500. The van der Waals surface area contributed by atoms with Gasteiger partial charge in [-0.3, -0.25) is 9.58 Å². The Morgan fingerprint density at radius 1 is 1.43 bits per heavy atom. The van der Waals surface area contributed by atoms with Crippen LogP contribution in [-0.2, 0) is 7.05 Å². The van der Waals surface area contributed by atoms with Gasteiger partial charge in [0.05, 0.1) is 6.20 Å². The summed E-state index contributed by atoms with van der Waals surface area (Å²) in [7, 11) is 1.94. The first-order chi connectivity index (χ1) is 11.1. The van der Waals surface area contributed by atoms with E-state index in [0.717, 1.165) is 30.7 Å². The standard InChI is InChI=1S/C18H25N3O2/c1-14-5-3-6-17(9-14)23-13-16(22)12-21-8-4-7-18(21)15-10-19-20(2)11-15/h3,5-6,9-11,16,18,22H,4,7-8,12-13H2,1-2H3/t16-,18+/m0/s1. The molecule has 1 aliphatic rings. The molecule has 5 nitrogen and oxygen atoms in total. The third-order valence-corrected chi connectivity index (χ3v) is 4.35. The molecule has 0 unspecified atom stereocenters. The molecular formula is C18H25N3O2. The number of β-amino-alcohol motifs (C(OH)–C–C–N with tert-alkyl or cyclic N) is 1. The minimum atomic E-state index is -0.493. The first kappa shape index (κ1) is 16.0. The van der Waals surface area contributed by atoms with Crippen LogP contribution in [0.3, 0.4) is 0 Å². The van der Waals surface area contributed by atoms with Crippen LogP contribution >= 0.6 is 0 Å². The zero-order valence-corrected chi connectivity index (χ0v) is 13.9. The molecule has 0 saturated carbocycles. The average Bonchev–Trinajstić information content (AvgIpc) is 3.14. The minimum absolute atomic E-state index is 0.319. The van der Waals surface area contributed by atoms with E-state index in [1.54, 1.807) is 0 Å². The van der Waals surface area contributed by atoms with Crippen molar-refractivity contribution in [1.29, 1.82) is 0 Å². The van der Waals surface area contributed by atoms with E-state index in [9.17, 15) is 5.11 Å². The molecule has 1 aromatic heterocycles. The summed E-state index contributed by atoms with van der Waals surface area (Å²) in [6.07, 6.45) is 5.78. The zero-order chi connectivity index (χ0) is 16.2. The molecule has 0 bridgehead atoms. The SMILES string of the molecule is Cc1cccc(OC[C@@H](O)CN2CCC[C@@H]2c2cnn(C)c2)c1. The van der Waals surface area contributed by atoms with E-state index in [-0.39, 0.29) is 0 Å². The lowest BCUT2D eigenvalue weighted by Gasteiger charge is -2.26. The van der Waals surface area contributed by atoms with Gasteiger partial charge in [-0.25, -0.2) is 0 Å². The quantitative estimate of drug-likeness (QED) is 0.889. The number of hydrogen-bond donors (Lipinski definition) is 1. The second-order valence-corrected chi connectivity index (χ2v) is 6.38. The van der Waals surface area contributed by atoms with E-state index < -0.39 is 6.10 Å². The fourth-order valence-electron chi connectivity index (χ4n) is 3.26. The van der Waals surface area contributed by atoms with Crippen LogP contribution in [-0.4, -0.2) is 45.6 Å². The summed E-state index contributed by atoms with van der Waals surface area (Å²) in [5.41, 5.74) is 2.39. The maximum Gasteiger partial charge on any atom is 0.119 e. The van der Waals surface area contributed by atoms with Crippen molar-refractivity contribution in [2.75, 3.05) is 19.7 Å². The number of ether oxygens (including phenoxy) is 1. The zero-order valence-electron chi connectivity index (χ0n) is 13.9. The Bertz CT molecular complexity index is 641. The Hall–Kier alpha value is -1.85. The van der Waals surface area contributed by atoms with Crippen molar-refractivity contribution in [2.24, 2.45) is 7.05 Å². The number of aliphatic hydroxyl groups excluding tert-OH is 1. The van der Waals surface area contributed by atoms with Gasteiger partial charge in [-0.2, -0.15) is 5.10 Å². The van der Waals surface area contributed by atoms with Crippen LogP contribution in [0.1, 0.15) is 30.0 Å². The topological polar surface area (TPSA) is 50.5 Å². The molecule has 124 valence electrons. The number of nitrogens with zero attached hydrogens (tertiary/aromatic N) is 3. The van der Waals surface area contributed by atoms with Crippen LogP contribution in [0.15, 0.2) is 36.7 Å². The molecular weight excluding hydrogens is 290 g/mol. The number of hydrogen-bond acceptors (Lipinski definition) is 4. The third kappa shape index (κ3) is 4.12.